The average Bonchev–Trinajstić information content (AvgIpc) is 3.05. The van der Waals surface area contributed by atoms with Crippen molar-refractivity contribution in [2.45, 2.75) is 200 Å². The Morgan fingerprint density at radius 3 is 1.49 bits per heavy atom. The van der Waals surface area contributed by atoms with Crippen molar-refractivity contribution in [3.8, 4) is 0 Å². The zero-order valence-corrected chi connectivity index (χ0v) is 30.1. The quantitative estimate of drug-likeness (QED) is 0.0424. The third-order valence-electron chi connectivity index (χ3n) is 8.48. The van der Waals surface area contributed by atoms with Gasteiger partial charge in [-0.15, -0.1) is 0 Å². The average molecular weight is 633 g/mol. The highest BCUT2D eigenvalue weighted by atomic mass is 16.6. The first-order chi connectivity index (χ1) is 22.2. The molecule has 0 radical (unpaired) electrons. The Bertz CT molecular complexity index is 668. The van der Waals surface area contributed by atoms with E-state index in [1.807, 2.05) is 0 Å². The van der Waals surface area contributed by atoms with E-state index in [-0.39, 0.29) is 19.2 Å². The molecule has 0 aliphatic rings. The van der Waals surface area contributed by atoms with Crippen LogP contribution in [-0.2, 0) is 14.3 Å². The number of hydrogen-bond acceptors (Lipinski definition) is 4. The maximum Gasteiger partial charge on any atom is 0.306 e. The molecule has 264 valence electrons. The molecule has 0 heterocycles. The van der Waals surface area contributed by atoms with Gasteiger partial charge in [0.1, 0.15) is 6.10 Å². The van der Waals surface area contributed by atoms with Gasteiger partial charge in [-0.1, -0.05) is 179 Å². The van der Waals surface area contributed by atoms with Crippen LogP contribution >= 0.6 is 0 Å². The summed E-state index contributed by atoms with van der Waals surface area (Å²) in [5.41, 5.74) is 0. The van der Waals surface area contributed by atoms with E-state index >= 15 is 0 Å². The highest BCUT2D eigenvalue weighted by Crippen LogP contribution is 2.15. The largest absolute Gasteiger partial charge is 0.457 e. The van der Waals surface area contributed by atoms with Gasteiger partial charge in [-0.3, -0.25) is 4.79 Å². The monoisotopic (exact) mass is 633 g/mol. The molecule has 0 saturated heterocycles. The summed E-state index contributed by atoms with van der Waals surface area (Å²) < 4.78 is 11.1. The molecule has 1 atom stereocenters. The Morgan fingerprint density at radius 1 is 0.556 bits per heavy atom. The van der Waals surface area contributed by atoms with E-state index in [9.17, 15) is 9.90 Å². The van der Waals surface area contributed by atoms with Crippen molar-refractivity contribution >= 4 is 5.97 Å². The van der Waals surface area contributed by atoms with Crippen LogP contribution in [0.5, 0.6) is 0 Å². The van der Waals surface area contributed by atoms with Gasteiger partial charge in [0.2, 0.25) is 0 Å². The smallest absolute Gasteiger partial charge is 0.306 e. The van der Waals surface area contributed by atoms with Crippen molar-refractivity contribution in [2.75, 3.05) is 19.8 Å². The van der Waals surface area contributed by atoms with E-state index in [0.29, 0.717) is 13.0 Å². The van der Waals surface area contributed by atoms with Crippen molar-refractivity contribution in [1.29, 1.82) is 0 Å². The third-order valence-corrected chi connectivity index (χ3v) is 8.48. The van der Waals surface area contributed by atoms with Crippen LogP contribution in [0, 0.1) is 0 Å². The van der Waals surface area contributed by atoms with E-state index in [1.165, 1.54) is 122 Å². The number of aliphatic hydroxyl groups excluding tert-OH is 1. The number of rotatable bonds is 36. The zero-order chi connectivity index (χ0) is 32.7. The minimum absolute atomic E-state index is 0.181. The highest BCUT2D eigenvalue weighted by molar-refractivity contribution is 5.69. The Hall–Kier alpha value is -1.39. The standard InChI is InChI=1S/C41H76O4/c1-3-5-7-9-11-13-15-17-18-19-20-21-22-23-25-27-29-31-33-35-37-44-39-40(38-42)45-41(43)36-34-32-30-28-26-24-16-14-12-10-8-6-4-2/h6,8,12,14,24,26,40,42H,3-5,7,9-11,13,15-23,25,27-39H2,1-2H3/b8-6-,14-12-,26-24-. The molecule has 0 aromatic heterocycles. The summed E-state index contributed by atoms with van der Waals surface area (Å²) in [7, 11) is 0. The van der Waals surface area contributed by atoms with Gasteiger partial charge in [0.05, 0.1) is 13.2 Å². The summed E-state index contributed by atoms with van der Waals surface area (Å²) in [6, 6.07) is 0. The summed E-state index contributed by atoms with van der Waals surface area (Å²) in [6.45, 7) is 5.22. The SMILES string of the molecule is CC/C=C\C/C=C\C/C=C\CCCCCC(=O)OC(CO)COCCCCCCCCCCCCCCCCCCCCCC. The summed E-state index contributed by atoms with van der Waals surface area (Å²) >= 11 is 0. The molecule has 0 rings (SSSR count). The Morgan fingerprint density at radius 2 is 1.00 bits per heavy atom. The molecule has 0 aliphatic heterocycles. The minimum Gasteiger partial charge on any atom is -0.457 e. The maximum absolute atomic E-state index is 12.1. The summed E-state index contributed by atoms with van der Waals surface area (Å²) in [5.74, 6) is -0.228. The summed E-state index contributed by atoms with van der Waals surface area (Å²) in [5, 5.41) is 9.56. The van der Waals surface area contributed by atoms with Gasteiger partial charge in [-0.05, 0) is 44.9 Å². The van der Waals surface area contributed by atoms with Crippen LogP contribution < -0.4 is 0 Å². The molecular formula is C41H76O4. The summed E-state index contributed by atoms with van der Waals surface area (Å²) in [6.07, 6.45) is 47.7. The third kappa shape index (κ3) is 36.9. The molecule has 45 heavy (non-hydrogen) atoms. The minimum atomic E-state index is -0.545. The molecule has 0 fully saturated rings. The van der Waals surface area contributed by atoms with E-state index in [1.54, 1.807) is 0 Å². The van der Waals surface area contributed by atoms with E-state index < -0.39 is 6.10 Å². The van der Waals surface area contributed by atoms with Crippen molar-refractivity contribution < 1.29 is 19.4 Å². The van der Waals surface area contributed by atoms with Gasteiger partial charge in [0, 0.05) is 13.0 Å². The number of carbonyl (C=O) groups excluding carboxylic acids is 1. The van der Waals surface area contributed by atoms with Crippen LogP contribution in [0.2, 0.25) is 0 Å². The lowest BCUT2D eigenvalue weighted by molar-refractivity contribution is -0.154. The Kier molecular flexibility index (Phi) is 37.6. The van der Waals surface area contributed by atoms with Crippen LogP contribution in [0.1, 0.15) is 194 Å². The van der Waals surface area contributed by atoms with Gasteiger partial charge in [-0.25, -0.2) is 0 Å². The second-order valence-corrected chi connectivity index (χ2v) is 13.0. The highest BCUT2D eigenvalue weighted by Gasteiger charge is 2.13. The first kappa shape index (κ1) is 43.6. The van der Waals surface area contributed by atoms with Gasteiger partial charge < -0.3 is 14.6 Å². The van der Waals surface area contributed by atoms with Crippen molar-refractivity contribution in [1.82, 2.24) is 0 Å². The lowest BCUT2D eigenvalue weighted by Crippen LogP contribution is -2.27. The maximum atomic E-state index is 12.1. The Labute approximate surface area is 280 Å². The predicted octanol–water partition coefficient (Wildman–Crippen LogP) is 12.5. The number of esters is 1. The first-order valence-electron chi connectivity index (χ1n) is 19.6. The second kappa shape index (κ2) is 38.8. The lowest BCUT2D eigenvalue weighted by atomic mass is 10.0. The normalized spacial score (nSPS) is 12.7. The number of ether oxygens (including phenoxy) is 2. The molecular weight excluding hydrogens is 556 g/mol. The number of allylic oxidation sites excluding steroid dienone is 6. The molecule has 4 heteroatoms. The van der Waals surface area contributed by atoms with Gasteiger partial charge >= 0.3 is 5.97 Å². The molecule has 1 unspecified atom stereocenters. The number of aliphatic hydroxyl groups is 1. The number of unbranched alkanes of at least 4 members (excludes halogenated alkanes) is 22. The number of hydrogen-bond donors (Lipinski definition) is 1. The van der Waals surface area contributed by atoms with Gasteiger partial charge in [-0.2, -0.15) is 0 Å². The fourth-order valence-electron chi connectivity index (χ4n) is 5.58. The van der Waals surface area contributed by atoms with Crippen LogP contribution in [0.15, 0.2) is 36.5 Å². The van der Waals surface area contributed by atoms with Crippen molar-refractivity contribution in [3.63, 3.8) is 0 Å². The fourth-order valence-corrected chi connectivity index (χ4v) is 5.58. The van der Waals surface area contributed by atoms with Crippen LogP contribution in [-0.4, -0.2) is 37.0 Å². The van der Waals surface area contributed by atoms with Gasteiger partial charge in [0.15, 0.2) is 0 Å². The fraction of sp³-hybridized carbons (Fsp3) is 0.829. The van der Waals surface area contributed by atoms with Crippen LogP contribution in [0.4, 0.5) is 0 Å². The topological polar surface area (TPSA) is 55.8 Å². The molecule has 4 nitrogen and oxygen atoms in total. The second-order valence-electron chi connectivity index (χ2n) is 13.0. The molecule has 1 N–H and O–H groups in total. The summed E-state index contributed by atoms with van der Waals surface area (Å²) in [4.78, 5) is 12.1. The molecule has 0 spiro atoms. The van der Waals surface area contributed by atoms with Crippen molar-refractivity contribution in [2.24, 2.45) is 0 Å². The molecule has 0 aromatic rings. The van der Waals surface area contributed by atoms with E-state index in [2.05, 4.69) is 50.3 Å². The predicted molar refractivity (Wildman–Crippen MR) is 196 cm³/mol. The Balaban J connectivity index is 3.41. The van der Waals surface area contributed by atoms with E-state index in [0.717, 1.165) is 51.4 Å². The molecule has 0 aromatic carbocycles. The molecule has 0 saturated carbocycles. The molecule has 0 bridgehead atoms. The molecule has 0 aliphatic carbocycles. The van der Waals surface area contributed by atoms with Crippen LogP contribution in [0.25, 0.3) is 0 Å². The number of carbonyl (C=O) groups is 1. The van der Waals surface area contributed by atoms with Gasteiger partial charge in [0.25, 0.3) is 0 Å². The first-order valence-corrected chi connectivity index (χ1v) is 19.6. The van der Waals surface area contributed by atoms with E-state index in [4.69, 9.17) is 9.47 Å². The zero-order valence-electron chi connectivity index (χ0n) is 30.1. The lowest BCUT2D eigenvalue weighted by Gasteiger charge is -2.15. The van der Waals surface area contributed by atoms with Crippen molar-refractivity contribution in [3.05, 3.63) is 36.5 Å². The van der Waals surface area contributed by atoms with Crippen LogP contribution in [0.3, 0.4) is 0 Å². The molecule has 0 amide bonds.